The number of benzene rings is 2. The van der Waals surface area contributed by atoms with E-state index in [9.17, 15) is 9.59 Å². The van der Waals surface area contributed by atoms with Crippen LogP contribution < -0.4 is 14.8 Å². The maximum Gasteiger partial charge on any atom is 0.413 e. The molecule has 11 heteroatoms. The number of β-amino-alcohol motifs (C(OH)–C–C–N with tert-alkyl or cyclic N) is 1. The van der Waals surface area contributed by atoms with Crippen molar-refractivity contribution in [3.05, 3.63) is 77.1 Å². The molecule has 4 aromatic rings. The zero-order valence-electron chi connectivity index (χ0n) is 23.6. The van der Waals surface area contributed by atoms with Crippen molar-refractivity contribution >= 4 is 23.5 Å². The van der Waals surface area contributed by atoms with Crippen molar-refractivity contribution in [1.29, 1.82) is 0 Å². The summed E-state index contributed by atoms with van der Waals surface area (Å²) in [6.07, 6.45) is 1.33. The van der Waals surface area contributed by atoms with E-state index in [2.05, 4.69) is 15.2 Å². The lowest BCUT2D eigenvalue weighted by Crippen LogP contribution is -2.49. The van der Waals surface area contributed by atoms with Gasteiger partial charge in [-0.05, 0) is 66.4 Å². The average molecular weight is 572 g/mol. The molecule has 6 rings (SSSR count). The maximum absolute atomic E-state index is 13.1. The molecule has 11 nitrogen and oxygen atoms in total. The molecule has 2 aliphatic heterocycles. The first kappa shape index (κ1) is 27.6. The van der Waals surface area contributed by atoms with Crippen molar-refractivity contribution < 1.29 is 28.9 Å². The number of fused-ring (bicyclic) bond motifs is 2. The number of ether oxygens (including phenoxy) is 3. The van der Waals surface area contributed by atoms with Crippen molar-refractivity contribution in [2.24, 2.45) is 0 Å². The second-order valence-corrected chi connectivity index (χ2v) is 10.5. The van der Waals surface area contributed by atoms with Crippen molar-refractivity contribution in [2.45, 2.75) is 20.5 Å². The molecule has 0 bridgehead atoms. The van der Waals surface area contributed by atoms with E-state index in [0.717, 1.165) is 41.0 Å². The van der Waals surface area contributed by atoms with Gasteiger partial charge in [0, 0.05) is 44.5 Å². The van der Waals surface area contributed by atoms with E-state index in [1.807, 2.05) is 65.7 Å². The first-order chi connectivity index (χ1) is 20.4. The number of aromatic nitrogens is 2. The van der Waals surface area contributed by atoms with Gasteiger partial charge in [-0.1, -0.05) is 18.2 Å². The van der Waals surface area contributed by atoms with Crippen LogP contribution in [0.3, 0.4) is 0 Å². The van der Waals surface area contributed by atoms with Gasteiger partial charge in [-0.3, -0.25) is 19.4 Å². The summed E-state index contributed by atoms with van der Waals surface area (Å²) < 4.78 is 18.1. The number of pyridine rings is 1. The summed E-state index contributed by atoms with van der Waals surface area (Å²) >= 11 is 0. The molecule has 0 unspecified atom stereocenters. The summed E-state index contributed by atoms with van der Waals surface area (Å²) in [4.78, 5) is 34.5. The normalized spacial score (nSPS) is 14.8. The highest BCUT2D eigenvalue weighted by Gasteiger charge is 2.22. The van der Waals surface area contributed by atoms with E-state index in [-0.39, 0.29) is 25.9 Å². The molecular weight excluding hydrogens is 538 g/mol. The molecule has 2 aliphatic rings. The lowest BCUT2D eigenvalue weighted by molar-refractivity contribution is 0.0615. The van der Waals surface area contributed by atoms with Crippen LogP contribution >= 0.6 is 0 Å². The van der Waals surface area contributed by atoms with Crippen LogP contribution in [0.2, 0.25) is 0 Å². The van der Waals surface area contributed by atoms with Crippen molar-refractivity contribution in [3.8, 4) is 22.6 Å². The van der Waals surface area contributed by atoms with Crippen LogP contribution in [-0.2, 0) is 11.3 Å². The fraction of sp³-hybridized carbons (Fsp3) is 0.323. The summed E-state index contributed by atoms with van der Waals surface area (Å²) in [5.41, 5.74) is 5.62. The number of carbonyl (C=O) groups is 2. The minimum absolute atomic E-state index is 0.00723. The molecule has 0 radical (unpaired) electrons. The van der Waals surface area contributed by atoms with Gasteiger partial charge in [0.15, 0.2) is 11.5 Å². The van der Waals surface area contributed by atoms with Crippen LogP contribution in [-0.4, -0.2) is 82.4 Å². The molecule has 0 spiro atoms. The SMILES string of the molecule is Cc1nc2c(C)cc(-c3ccc(C(=O)N4CCN(CCO)CC4)cc3)cn2c1NC(=O)OCc1ccc2c(c1)OCO2. The molecule has 0 saturated carbocycles. The van der Waals surface area contributed by atoms with E-state index in [1.54, 1.807) is 12.1 Å². The number of aryl methyl sites for hydroxylation is 2. The monoisotopic (exact) mass is 571 g/mol. The number of hydrogen-bond acceptors (Lipinski definition) is 8. The third-order valence-corrected chi connectivity index (χ3v) is 7.65. The second kappa shape index (κ2) is 11.7. The summed E-state index contributed by atoms with van der Waals surface area (Å²) in [6.45, 7) is 7.64. The van der Waals surface area contributed by atoms with Crippen LogP contribution in [0.15, 0.2) is 54.7 Å². The Morgan fingerprint density at radius 3 is 2.50 bits per heavy atom. The molecule has 2 amide bonds. The highest BCUT2D eigenvalue weighted by atomic mass is 16.7. The zero-order valence-corrected chi connectivity index (χ0v) is 23.6. The number of nitrogens with zero attached hydrogens (tertiary/aromatic N) is 4. The Morgan fingerprint density at radius 1 is 0.976 bits per heavy atom. The van der Waals surface area contributed by atoms with Gasteiger partial charge >= 0.3 is 6.09 Å². The number of amides is 2. The van der Waals surface area contributed by atoms with Crippen LogP contribution in [0.5, 0.6) is 11.5 Å². The summed E-state index contributed by atoms with van der Waals surface area (Å²) in [6, 6.07) is 15.0. The average Bonchev–Trinajstić information content (AvgIpc) is 3.60. The number of anilines is 1. The van der Waals surface area contributed by atoms with Gasteiger partial charge in [0.25, 0.3) is 5.91 Å². The van der Waals surface area contributed by atoms with Gasteiger partial charge in [-0.25, -0.2) is 9.78 Å². The number of hydrogen-bond donors (Lipinski definition) is 2. The molecule has 2 aromatic carbocycles. The maximum atomic E-state index is 13.1. The molecule has 2 aromatic heterocycles. The van der Waals surface area contributed by atoms with Crippen LogP contribution in [0, 0.1) is 13.8 Å². The Hall–Kier alpha value is -4.61. The molecule has 1 saturated heterocycles. The Morgan fingerprint density at radius 2 is 1.74 bits per heavy atom. The Bertz CT molecular complexity index is 1630. The third kappa shape index (κ3) is 5.61. The van der Waals surface area contributed by atoms with Gasteiger partial charge in [-0.2, -0.15) is 0 Å². The first-order valence-electron chi connectivity index (χ1n) is 13.9. The molecule has 4 heterocycles. The molecule has 1 fully saturated rings. The number of piperazine rings is 1. The number of aliphatic hydroxyl groups is 1. The van der Waals surface area contributed by atoms with Gasteiger partial charge < -0.3 is 24.2 Å². The minimum Gasteiger partial charge on any atom is -0.454 e. The van der Waals surface area contributed by atoms with Crippen molar-refractivity contribution in [3.63, 3.8) is 0 Å². The van der Waals surface area contributed by atoms with Crippen LogP contribution in [0.1, 0.15) is 27.2 Å². The number of carbonyl (C=O) groups excluding carboxylic acids is 2. The highest BCUT2D eigenvalue weighted by molar-refractivity contribution is 5.95. The van der Waals surface area contributed by atoms with E-state index < -0.39 is 6.09 Å². The minimum atomic E-state index is -0.597. The standard InChI is InChI=1S/C31H33N5O6/c1-20-15-25(23-4-6-24(7-5-23)30(38)35-11-9-34(10-12-35)13-14-37)17-36-28(20)32-21(2)29(36)33-31(39)40-18-22-3-8-26-27(16-22)42-19-41-26/h3-8,15-17,37H,9-14,18-19H2,1-2H3,(H,33,39). The van der Waals surface area contributed by atoms with Gasteiger partial charge in [0.1, 0.15) is 18.1 Å². The summed E-state index contributed by atoms with van der Waals surface area (Å²) in [7, 11) is 0. The van der Waals surface area contributed by atoms with E-state index in [1.165, 1.54) is 0 Å². The van der Waals surface area contributed by atoms with Gasteiger partial charge in [0.05, 0.1) is 12.3 Å². The number of nitrogens with one attached hydrogen (secondary N) is 1. The second-order valence-electron chi connectivity index (χ2n) is 10.5. The van der Waals surface area contributed by atoms with E-state index in [0.29, 0.717) is 48.2 Å². The first-order valence-corrected chi connectivity index (χ1v) is 13.9. The quantitative estimate of drug-likeness (QED) is 0.344. The Kier molecular flexibility index (Phi) is 7.68. The van der Waals surface area contributed by atoms with E-state index >= 15 is 0 Å². The fourth-order valence-corrected chi connectivity index (χ4v) is 5.35. The third-order valence-electron chi connectivity index (χ3n) is 7.65. The number of rotatable bonds is 7. The fourth-order valence-electron chi connectivity index (χ4n) is 5.35. The van der Waals surface area contributed by atoms with E-state index in [4.69, 9.17) is 19.3 Å². The molecule has 2 N–H and O–H groups in total. The summed E-state index contributed by atoms with van der Waals surface area (Å²) in [5, 5.41) is 12.0. The Labute approximate surface area is 243 Å². The zero-order chi connectivity index (χ0) is 29.2. The van der Waals surface area contributed by atoms with Crippen LogP contribution in [0.25, 0.3) is 16.8 Å². The smallest absolute Gasteiger partial charge is 0.413 e. The lowest BCUT2D eigenvalue weighted by atomic mass is 10.0. The van der Waals surface area contributed by atoms with Crippen molar-refractivity contribution in [2.75, 3.05) is 51.4 Å². The topological polar surface area (TPSA) is 118 Å². The highest BCUT2D eigenvalue weighted by Crippen LogP contribution is 2.33. The molecule has 0 atom stereocenters. The molecular formula is C31H33N5O6. The summed E-state index contributed by atoms with van der Waals surface area (Å²) in [5.74, 6) is 1.84. The van der Waals surface area contributed by atoms with Crippen LogP contribution in [0.4, 0.5) is 10.6 Å². The predicted octanol–water partition coefficient (Wildman–Crippen LogP) is 3.85. The lowest BCUT2D eigenvalue weighted by Gasteiger charge is -2.34. The number of aliphatic hydroxyl groups excluding tert-OH is 1. The molecule has 42 heavy (non-hydrogen) atoms. The van der Waals surface area contributed by atoms with Gasteiger partial charge in [0.2, 0.25) is 6.79 Å². The van der Waals surface area contributed by atoms with Gasteiger partial charge in [-0.15, -0.1) is 0 Å². The molecule has 218 valence electrons. The largest absolute Gasteiger partial charge is 0.454 e. The predicted molar refractivity (Wildman–Crippen MR) is 156 cm³/mol. The number of imidazole rings is 1. The molecule has 0 aliphatic carbocycles. The Balaban J connectivity index is 1.15. The van der Waals surface area contributed by atoms with Crippen molar-refractivity contribution in [1.82, 2.24) is 19.2 Å².